The molecule has 0 radical (unpaired) electrons. The summed E-state index contributed by atoms with van der Waals surface area (Å²) < 4.78 is 1.93. The summed E-state index contributed by atoms with van der Waals surface area (Å²) in [7, 11) is 0. The van der Waals surface area contributed by atoms with Crippen molar-refractivity contribution in [2.75, 3.05) is 6.54 Å². The van der Waals surface area contributed by atoms with Crippen LogP contribution < -0.4 is 5.32 Å². The zero-order chi connectivity index (χ0) is 18.4. The molecule has 6 nitrogen and oxygen atoms in total. The molecule has 2 rings (SSSR count). The fourth-order valence-corrected chi connectivity index (χ4v) is 2.88. The van der Waals surface area contributed by atoms with Crippen LogP contribution in [-0.4, -0.2) is 33.3 Å². The first kappa shape index (κ1) is 18.7. The minimum absolute atomic E-state index is 0.128. The highest BCUT2D eigenvalue weighted by atomic mass is 16.4. The monoisotopic (exact) mass is 343 g/mol. The van der Waals surface area contributed by atoms with Crippen LogP contribution in [0.4, 0.5) is 0 Å². The number of rotatable bonds is 8. The molecule has 0 spiro atoms. The predicted molar refractivity (Wildman–Crippen MR) is 96.0 cm³/mol. The number of hydrogen-bond acceptors (Lipinski definition) is 3. The largest absolute Gasteiger partial charge is 0.478 e. The topological polar surface area (TPSA) is 84.2 Å². The number of hydrogen-bond donors (Lipinski definition) is 2. The molecule has 1 amide bonds. The quantitative estimate of drug-likeness (QED) is 0.771. The van der Waals surface area contributed by atoms with E-state index in [1.807, 2.05) is 11.6 Å². The first-order valence-electron chi connectivity index (χ1n) is 8.62. The normalized spacial score (nSPS) is 10.9. The molecular weight excluding hydrogens is 318 g/mol. The minimum Gasteiger partial charge on any atom is -0.478 e. The Morgan fingerprint density at radius 1 is 1.20 bits per heavy atom. The molecule has 0 aliphatic rings. The van der Waals surface area contributed by atoms with Gasteiger partial charge in [0.25, 0.3) is 5.91 Å². The molecule has 0 aliphatic heterocycles. The van der Waals surface area contributed by atoms with E-state index in [1.165, 1.54) is 0 Å². The number of carbonyl (C=O) groups is 2. The Morgan fingerprint density at radius 3 is 2.40 bits per heavy atom. The highest BCUT2D eigenvalue weighted by Crippen LogP contribution is 2.19. The maximum atomic E-state index is 12.4. The van der Waals surface area contributed by atoms with Gasteiger partial charge in [0.05, 0.1) is 23.4 Å². The van der Waals surface area contributed by atoms with Crippen molar-refractivity contribution >= 4 is 11.9 Å². The Balaban J connectivity index is 1.93. The van der Waals surface area contributed by atoms with E-state index in [1.54, 1.807) is 30.5 Å². The zero-order valence-corrected chi connectivity index (χ0v) is 15.0. The van der Waals surface area contributed by atoms with Gasteiger partial charge in [0.1, 0.15) is 0 Å². The molecule has 0 unspecified atom stereocenters. The fourth-order valence-electron chi connectivity index (χ4n) is 2.88. The Kier molecular flexibility index (Phi) is 6.33. The van der Waals surface area contributed by atoms with Gasteiger partial charge in [-0.25, -0.2) is 4.79 Å². The molecule has 1 aromatic heterocycles. The lowest BCUT2D eigenvalue weighted by atomic mass is 10.1. The maximum Gasteiger partial charge on any atom is 0.335 e. The van der Waals surface area contributed by atoms with Crippen LogP contribution in [0.15, 0.2) is 30.5 Å². The van der Waals surface area contributed by atoms with Crippen LogP contribution in [0, 0.1) is 6.92 Å². The number of carboxylic acids is 1. The summed E-state index contributed by atoms with van der Waals surface area (Å²) in [5.74, 6) is -1.07. The van der Waals surface area contributed by atoms with Crippen molar-refractivity contribution in [2.24, 2.45) is 0 Å². The van der Waals surface area contributed by atoms with E-state index in [2.05, 4.69) is 24.3 Å². The van der Waals surface area contributed by atoms with Crippen LogP contribution in [0.1, 0.15) is 64.7 Å². The van der Waals surface area contributed by atoms with Crippen molar-refractivity contribution in [1.29, 1.82) is 0 Å². The summed E-state index contributed by atoms with van der Waals surface area (Å²) in [5, 5.41) is 16.2. The molecule has 0 atom stereocenters. The average Bonchev–Trinajstić information content (AvgIpc) is 2.98. The van der Waals surface area contributed by atoms with E-state index >= 15 is 0 Å². The van der Waals surface area contributed by atoms with Crippen LogP contribution in [0.3, 0.4) is 0 Å². The Morgan fingerprint density at radius 2 is 1.84 bits per heavy atom. The van der Waals surface area contributed by atoms with Crippen LogP contribution in [-0.2, 0) is 6.42 Å². The number of nitrogens with zero attached hydrogens (tertiary/aromatic N) is 2. The molecule has 25 heavy (non-hydrogen) atoms. The Labute approximate surface area is 147 Å². The minimum atomic E-state index is -0.940. The van der Waals surface area contributed by atoms with E-state index in [0.29, 0.717) is 24.6 Å². The summed E-state index contributed by atoms with van der Waals surface area (Å²) in [5.41, 5.74) is 2.73. The highest BCUT2D eigenvalue weighted by Gasteiger charge is 2.17. The van der Waals surface area contributed by atoms with Crippen molar-refractivity contribution in [3.8, 4) is 0 Å². The second-order valence-corrected chi connectivity index (χ2v) is 6.07. The summed E-state index contributed by atoms with van der Waals surface area (Å²) in [6, 6.07) is 7.00. The third-order valence-corrected chi connectivity index (χ3v) is 4.48. The lowest BCUT2D eigenvalue weighted by Crippen LogP contribution is -2.26. The first-order chi connectivity index (χ1) is 12.0. The van der Waals surface area contributed by atoms with E-state index in [-0.39, 0.29) is 11.5 Å². The molecule has 0 saturated heterocycles. The summed E-state index contributed by atoms with van der Waals surface area (Å²) >= 11 is 0. The molecule has 2 N–H and O–H groups in total. The average molecular weight is 343 g/mol. The van der Waals surface area contributed by atoms with E-state index in [4.69, 9.17) is 5.11 Å². The first-order valence-corrected chi connectivity index (χ1v) is 8.62. The fraction of sp³-hybridized carbons (Fsp3) is 0.421. The Hall–Kier alpha value is -2.63. The van der Waals surface area contributed by atoms with Crippen LogP contribution in [0.25, 0.3) is 0 Å². The number of carbonyl (C=O) groups excluding carboxylic acids is 1. The lowest BCUT2D eigenvalue weighted by Gasteiger charge is -2.15. The van der Waals surface area contributed by atoms with Gasteiger partial charge in [-0.2, -0.15) is 5.10 Å². The molecule has 0 bridgehead atoms. The molecule has 134 valence electrons. The van der Waals surface area contributed by atoms with Crippen molar-refractivity contribution in [3.63, 3.8) is 0 Å². The van der Waals surface area contributed by atoms with Gasteiger partial charge in [0.15, 0.2) is 0 Å². The van der Waals surface area contributed by atoms with Crippen LogP contribution in [0.5, 0.6) is 0 Å². The van der Waals surface area contributed by atoms with Gasteiger partial charge in [-0.1, -0.05) is 26.0 Å². The van der Waals surface area contributed by atoms with Gasteiger partial charge in [-0.05, 0) is 43.9 Å². The molecule has 1 aromatic carbocycles. The lowest BCUT2D eigenvalue weighted by molar-refractivity contribution is 0.0696. The smallest absolute Gasteiger partial charge is 0.335 e. The molecule has 0 saturated carbocycles. The summed E-state index contributed by atoms with van der Waals surface area (Å²) in [6.07, 6.45) is 4.23. The number of nitrogens with one attached hydrogen (secondary N) is 1. The van der Waals surface area contributed by atoms with Gasteiger partial charge in [-0.3, -0.25) is 9.48 Å². The van der Waals surface area contributed by atoms with E-state index < -0.39 is 5.97 Å². The van der Waals surface area contributed by atoms with Gasteiger partial charge >= 0.3 is 5.97 Å². The molecular formula is C19H25N3O3. The standard InChI is InChI=1S/C19H25N3O3/c1-4-16(5-2)22-13(3)17(12-21-22)18(23)20-11-10-14-6-8-15(9-7-14)19(24)25/h6-9,12,16H,4-5,10-11H2,1-3H3,(H,20,23)(H,24,25). The SMILES string of the molecule is CCC(CC)n1ncc(C(=O)NCCc2ccc(C(=O)O)cc2)c1C. The molecule has 1 heterocycles. The van der Waals surface area contributed by atoms with Crippen molar-refractivity contribution in [2.45, 2.75) is 46.1 Å². The number of benzene rings is 1. The second kappa shape index (κ2) is 8.46. The second-order valence-electron chi connectivity index (χ2n) is 6.07. The molecule has 0 fully saturated rings. The van der Waals surface area contributed by atoms with Crippen molar-refractivity contribution in [3.05, 3.63) is 52.8 Å². The third-order valence-electron chi connectivity index (χ3n) is 4.48. The van der Waals surface area contributed by atoms with Gasteiger partial charge in [-0.15, -0.1) is 0 Å². The zero-order valence-electron chi connectivity index (χ0n) is 15.0. The van der Waals surface area contributed by atoms with Crippen LogP contribution in [0.2, 0.25) is 0 Å². The van der Waals surface area contributed by atoms with Crippen molar-refractivity contribution in [1.82, 2.24) is 15.1 Å². The predicted octanol–water partition coefficient (Wildman–Crippen LogP) is 3.22. The van der Waals surface area contributed by atoms with Gasteiger partial charge in [0, 0.05) is 12.2 Å². The van der Waals surface area contributed by atoms with Gasteiger partial charge < -0.3 is 10.4 Å². The maximum absolute atomic E-state index is 12.4. The van der Waals surface area contributed by atoms with E-state index in [0.717, 1.165) is 24.1 Å². The van der Waals surface area contributed by atoms with Crippen molar-refractivity contribution < 1.29 is 14.7 Å². The number of amides is 1. The van der Waals surface area contributed by atoms with Gasteiger partial charge in [0.2, 0.25) is 0 Å². The number of aromatic nitrogens is 2. The van der Waals surface area contributed by atoms with E-state index in [9.17, 15) is 9.59 Å². The third kappa shape index (κ3) is 4.47. The highest BCUT2D eigenvalue weighted by molar-refractivity contribution is 5.95. The molecule has 0 aliphatic carbocycles. The van der Waals surface area contributed by atoms with Crippen LogP contribution >= 0.6 is 0 Å². The molecule has 6 heteroatoms. The number of carboxylic acid groups (broad SMARTS) is 1. The molecule has 2 aromatic rings. The Bertz CT molecular complexity index is 731. The number of aromatic carboxylic acids is 1. The summed E-state index contributed by atoms with van der Waals surface area (Å²) in [6.45, 7) is 6.64. The summed E-state index contributed by atoms with van der Waals surface area (Å²) in [4.78, 5) is 23.2.